The average Bonchev–Trinajstić information content (AvgIpc) is 2.48. The maximum absolute atomic E-state index is 12.1. The number of hydrogen-bond acceptors (Lipinski definition) is 3. The highest BCUT2D eigenvalue weighted by Gasteiger charge is 2.08. The lowest BCUT2D eigenvalue weighted by molar-refractivity contribution is -0.114. The van der Waals surface area contributed by atoms with Gasteiger partial charge in [-0.2, -0.15) is 0 Å². The molecule has 22 heavy (non-hydrogen) atoms. The first-order valence-electron chi connectivity index (χ1n) is 6.94. The molecular formula is C17H19ClN2O2. The van der Waals surface area contributed by atoms with Crippen LogP contribution in [0.2, 0.25) is 5.02 Å². The molecule has 0 spiro atoms. The molecule has 0 aliphatic carbocycles. The summed E-state index contributed by atoms with van der Waals surface area (Å²) in [6.07, 6.45) is 0. The summed E-state index contributed by atoms with van der Waals surface area (Å²) in [5, 5.41) is 6.60. The Hall–Kier alpha value is -2.20. The van der Waals surface area contributed by atoms with E-state index < -0.39 is 0 Å². The SMILES string of the molecule is COc1ccc(C)cc1NCC(=O)Nc1ccc(Cl)cc1C. The molecule has 4 nitrogen and oxygen atoms in total. The van der Waals surface area contributed by atoms with Gasteiger partial charge in [-0.3, -0.25) is 4.79 Å². The zero-order chi connectivity index (χ0) is 16.1. The number of benzene rings is 2. The van der Waals surface area contributed by atoms with E-state index in [0.29, 0.717) is 10.8 Å². The van der Waals surface area contributed by atoms with E-state index in [1.165, 1.54) is 0 Å². The lowest BCUT2D eigenvalue weighted by Crippen LogP contribution is -2.22. The Bertz CT molecular complexity index is 686. The molecule has 0 heterocycles. The fourth-order valence-corrected chi connectivity index (χ4v) is 2.32. The van der Waals surface area contributed by atoms with Crippen molar-refractivity contribution in [1.82, 2.24) is 0 Å². The highest BCUT2D eigenvalue weighted by Crippen LogP contribution is 2.25. The van der Waals surface area contributed by atoms with Crippen LogP contribution in [0.25, 0.3) is 0 Å². The van der Waals surface area contributed by atoms with E-state index in [2.05, 4.69) is 10.6 Å². The number of aryl methyl sites for hydroxylation is 2. The molecule has 0 atom stereocenters. The van der Waals surface area contributed by atoms with Crippen molar-refractivity contribution in [3.63, 3.8) is 0 Å². The fourth-order valence-electron chi connectivity index (χ4n) is 2.10. The fraction of sp³-hybridized carbons (Fsp3) is 0.235. The molecule has 0 fully saturated rings. The molecule has 0 aromatic heterocycles. The van der Waals surface area contributed by atoms with Crippen LogP contribution in [0, 0.1) is 13.8 Å². The normalized spacial score (nSPS) is 10.2. The first-order valence-corrected chi connectivity index (χ1v) is 7.32. The van der Waals surface area contributed by atoms with Crippen LogP contribution in [0.3, 0.4) is 0 Å². The van der Waals surface area contributed by atoms with Crippen molar-refractivity contribution in [2.45, 2.75) is 13.8 Å². The number of methoxy groups -OCH3 is 1. The van der Waals surface area contributed by atoms with Crippen molar-refractivity contribution >= 4 is 28.9 Å². The standard InChI is InChI=1S/C17H19ClN2O2/c1-11-4-7-16(22-3)15(8-11)19-10-17(21)20-14-6-5-13(18)9-12(14)2/h4-9,19H,10H2,1-3H3,(H,20,21). The Balaban J connectivity index is 2.00. The van der Waals surface area contributed by atoms with Gasteiger partial charge in [0.25, 0.3) is 0 Å². The topological polar surface area (TPSA) is 50.4 Å². The lowest BCUT2D eigenvalue weighted by Gasteiger charge is -2.13. The number of rotatable bonds is 5. The molecule has 0 aliphatic heterocycles. The van der Waals surface area contributed by atoms with Crippen LogP contribution in [0.15, 0.2) is 36.4 Å². The van der Waals surface area contributed by atoms with E-state index >= 15 is 0 Å². The van der Waals surface area contributed by atoms with Crippen LogP contribution in [0.4, 0.5) is 11.4 Å². The Labute approximate surface area is 135 Å². The number of amides is 1. The highest BCUT2D eigenvalue weighted by molar-refractivity contribution is 6.30. The van der Waals surface area contributed by atoms with Crippen molar-refractivity contribution in [2.24, 2.45) is 0 Å². The summed E-state index contributed by atoms with van der Waals surface area (Å²) in [4.78, 5) is 12.1. The van der Waals surface area contributed by atoms with Crippen LogP contribution in [-0.4, -0.2) is 19.6 Å². The minimum atomic E-state index is -0.131. The van der Waals surface area contributed by atoms with Crippen LogP contribution in [0.1, 0.15) is 11.1 Å². The van der Waals surface area contributed by atoms with Gasteiger partial charge >= 0.3 is 0 Å². The first kappa shape index (κ1) is 16.2. The molecule has 116 valence electrons. The monoisotopic (exact) mass is 318 g/mol. The largest absolute Gasteiger partial charge is 0.495 e. The zero-order valence-corrected chi connectivity index (χ0v) is 13.6. The van der Waals surface area contributed by atoms with Crippen molar-refractivity contribution in [3.05, 3.63) is 52.5 Å². The lowest BCUT2D eigenvalue weighted by atomic mass is 10.2. The molecular weight excluding hydrogens is 300 g/mol. The van der Waals surface area contributed by atoms with Gasteiger partial charge in [0, 0.05) is 10.7 Å². The number of ether oxygens (including phenoxy) is 1. The van der Waals surface area contributed by atoms with E-state index in [1.807, 2.05) is 38.1 Å². The Kier molecular flexibility index (Phi) is 5.28. The van der Waals surface area contributed by atoms with Crippen molar-refractivity contribution in [3.8, 4) is 5.75 Å². The molecule has 5 heteroatoms. The average molecular weight is 319 g/mol. The van der Waals surface area contributed by atoms with Crippen LogP contribution in [0.5, 0.6) is 5.75 Å². The van der Waals surface area contributed by atoms with E-state index in [1.54, 1.807) is 19.2 Å². The summed E-state index contributed by atoms with van der Waals surface area (Å²) in [5.74, 6) is 0.579. The Morgan fingerprint density at radius 1 is 1.14 bits per heavy atom. The maximum atomic E-state index is 12.1. The van der Waals surface area contributed by atoms with Crippen molar-refractivity contribution in [1.29, 1.82) is 0 Å². The molecule has 0 saturated carbocycles. The molecule has 0 unspecified atom stereocenters. The molecule has 0 bridgehead atoms. The summed E-state index contributed by atoms with van der Waals surface area (Å²) in [6.45, 7) is 4.04. The van der Waals surface area contributed by atoms with Gasteiger partial charge in [0.05, 0.1) is 19.3 Å². The number of anilines is 2. The van der Waals surface area contributed by atoms with Gasteiger partial charge in [0.15, 0.2) is 0 Å². The van der Waals surface area contributed by atoms with Crippen molar-refractivity contribution in [2.75, 3.05) is 24.3 Å². The zero-order valence-electron chi connectivity index (χ0n) is 12.9. The molecule has 1 amide bonds. The third-order valence-corrected chi connectivity index (χ3v) is 3.49. The predicted octanol–water partition coefficient (Wildman–Crippen LogP) is 4.02. The molecule has 2 aromatic rings. The minimum absolute atomic E-state index is 0.131. The van der Waals surface area contributed by atoms with Gasteiger partial charge in [0.1, 0.15) is 5.75 Å². The molecule has 2 aromatic carbocycles. The third-order valence-electron chi connectivity index (χ3n) is 3.26. The Morgan fingerprint density at radius 3 is 2.59 bits per heavy atom. The number of nitrogens with one attached hydrogen (secondary N) is 2. The van der Waals surface area contributed by atoms with Gasteiger partial charge in [0.2, 0.25) is 5.91 Å². The second-order valence-electron chi connectivity index (χ2n) is 5.06. The summed E-state index contributed by atoms with van der Waals surface area (Å²) < 4.78 is 5.27. The van der Waals surface area contributed by atoms with E-state index in [-0.39, 0.29) is 12.5 Å². The summed E-state index contributed by atoms with van der Waals surface area (Å²) in [7, 11) is 1.60. The summed E-state index contributed by atoms with van der Waals surface area (Å²) >= 11 is 5.90. The van der Waals surface area contributed by atoms with Gasteiger partial charge in [-0.15, -0.1) is 0 Å². The van der Waals surface area contributed by atoms with E-state index in [9.17, 15) is 4.79 Å². The molecule has 0 saturated heterocycles. The molecule has 0 radical (unpaired) electrons. The molecule has 0 aliphatic rings. The van der Waals surface area contributed by atoms with Gasteiger partial charge in [-0.25, -0.2) is 0 Å². The molecule has 2 rings (SSSR count). The first-order chi connectivity index (χ1) is 10.5. The number of halogens is 1. The smallest absolute Gasteiger partial charge is 0.243 e. The number of carbonyl (C=O) groups excluding carboxylic acids is 1. The minimum Gasteiger partial charge on any atom is -0.495 e. The Morgan fingerprint density at radius 2 is 1.91 bits per heavy atom. The third kappa shape index (κ3) is 4.15. The summed E-state index contributed by atoms with van der Waals surface area (Å²) in [6, 6.07) is 11.1. The summed E-state index contributed by atoms with van der Waals surface area (Å²) in [5.41, 5.74) is 3.57. The van der Waals surface area contributed by atoms with Crippen LogP contribution >= 0.6 is 11.6 Å². The van der Waals surface area contributed by atoms with Gasteiger partial charge < -0.3 is 15.4 Å². The quantitative estimate of drug-likeness (QED) is 0.875. The van der Waals surface area contributed by atoms with E-state index in [0.717, 1.165) is 22.5 Å². The maximum Gasteiger partial charge on any atom is 0.243 e. The predicted molar refractivity (Wildman–Crippen MR) is 91.0 cm³/mol. The second kappa shape index (κ2) is 7.18. The van der Waals surface area contributed by atoms with E-state index in [4.69, 9.17) is 16.3 Å². The highest BCUT2D eigenvalue weighted by atomic mass is 35.5. The number of carbonyl (C=O) groups is 1. The van der Waals surface area contributed by atoms with Gasteiger partial charge in [-0.05, 0) is 55.3 Å². The van der Waals surface area contributed by atoms with Crippen molar-refractivity contribution < 1.29 is 9.53 Å². The van der Waals surface area contributed by atoms with Crippen LogP contribution < -0.4 is 15.4 Å². The van der Waals surface area contributed by atoms with Crippen LogP contribution in [-0.2, 0) is 4.79 Å². The van der Waals surface area contributed by atoms with Gasteiger partial charge in [-0.1, -0.05) is 17.7 Å². The second-order valence-corrected chi connectivity index (χ2v) is 5.50. The number of hydrogen-bond donors (Lipinski definition) is 2. The molecule has 2 N–H and O–H groups in total.